The third kappa shape index (κ3) is 2.69. The summed E-state index contributed by atoms with van der Waals surface area (Å²) in [6.45, 7) is 0.719. The monoisotopic (exact) mass is 338 g/mol. The second kappa shape index (κ2) is 6.31. The van der Waals surface area contributed by atoms with Gasteiger partial charge in [0.25, 0.3) is 5.91 Å². The third-order valence-electron chi connectivity index (χ3n) is 5.03. The van der Waals surface area contributed by atoms with E-state index in [0.29, 0.717) is 29.8 Å². The Hall–Kier alpha value is -2.69. The van der Waals surface area contributed by atoms with Gasteiger partial charge in [0.1, 0.15) is 11.9 Å². The van der Waals surface area contributed by atoms with Crippen LogP contribution in [-0.2, 0) is 11.3 Å². The number of para-hydroxylation sites is 1. The molecular formula is C20H19FN2O2. The van der Waals surface area contributed by atoms with E-state index >= 15 is 0 Å². The highest BCUT2D eigenvalue weighted by Gasteiger charge is 2.40. The van der Waals surface area contributed by atoms with Crippen LogP contribution in [0.4, 0.5) is 10.1 Å². The fourth-order valence-electron chi connectivity index (χ4n) is 3.73. The van der Waals surface area contributed by atoms with Crippen molar-refractivity contribution in [2.75, 3.05) is 11.4 Å². The van der Waals surface area contributed by atoms with E-state index in [9.17, 15) is 14.0 Å². The topological polar surface area (TPSA) is 40.6 Å². The molecular weight excluding hydrogens is 319 g/mol. The van der Waals surface area contributed by atoms with Gasteiger partial charge in [0, 0.05) is 12.1 Å². The molecule has 2 aliphatic rings. The molecule has 1 saturated heterocycles. The van der Waals surface area contributed by atoms with Crippen LogP contribution in [0.5, 0.6) is 0 Å². The normalized spacial score (nSPS) is 20.1. The van der Waals surface area contributed by atoms with Gasteiger partial charge in [-0.15, -0.1) is 0 Å². The van der Waals surface area contributed by atoms with E-state index < -0.39 is 6.04 Å². The van der Waals surface area contributed by atoms with Crippen LogP contribution in [0.1, 0.15) is 35.2 Å². The van der Waals surface area contributed by atoms with Gasteiger partial charge in [-0.1, -0.05) is 30.3 Å². The van der Waals surface area contributed by atoms with Crippen LogP contribution < -0.4 is 4.90 Å². The molecule has 0 N–H and O–H groups in total. The minimum Gasteiger partial charge on any atom is -0.327 e. The zero-order chi connectivity index (χ0) is 17.4. The maximum Gasteiger partial charge on any atom is 0.256 e. The number of hydrogen-bond acceptors (Lipinski definition) is 2. The first-order chi connectivity index (χ1) is 12.2. The average molecular weight is 338 g/mol. The summed E-state index contributed by atoms with van der Waals surface area (Å²) in [6, 6.07) is 13.1. The van der Waals surface area contributed by atoms with Gasteiger partial charge in [-0.25, -0.2) is 4.39 Å². The van der Waals surface area contributed by atoms with Crippen molar-refractivity contribution in [1.29, 1.82) is 0 Å². The fourth-order valence-corrected chi connectivity index (χ4v) is 3.73. The lowest BCUT2D eigenvalue weighted by Crippen LogP contribution is -2.50. The molecule has 4 nitrogen and oxygen atoms in total. The van der Waals surface area contributed by atoms with Crippen molar-refractivity contribution in [3.05, 3.63) is 65.5 Å². The van der Waals surface area contributed by atoms with Crippen LogP contribution in [0.2, 0.25) is 0 Å². The Morgan fingerprint density at radius 1 is 1.00 bits per heavy atom. The first-order valence-corrected chi connectivity index (χ1v) is 8.61. The third-order valence-corrected chi connectivity index (χ3v) is 5.03. The number of carbonyl (C=O) groups excluding carboxylic acids is 2. The van der Waals surface area contributed by atoms with Crippen molar-refractivity contribution in [2.45, 2.75) is 31.8 Å². The fraction of sp³-hybridized carbons (Fsp3) is 0.300. The lowest BCUT2D eigenvalue weighted by Gasteiger charge is -2.34. The van der Waals surface area contributed by atoms with E-state index in [1.165, 1.54) is 6.07 Å². The quantitative estimate of drug-likeness (QED) is 0.842. The van der Waals surface area contributed by atoms with E-state index in [1.54, 1.807) is 52.3 Å². The number of halogens is 1. The van der Waals surface area contributed by atoms with E-state index in [2.05, 4.69) is 0 Å². The Morgan fingerprint density at radius 3 is 2.60 bits per heavy atom. The number of fused-ring (bicyclic) bond motifs is 2. The smallest absolute Gasteiger partial charge is 0.256 e. The molecule has 0 saturated carbocycles. The largest absolute Gasteiger partial charge is 0.327 e. The van der Waals surface area contributed by atoms with Gasteiger partial charge < -0.3 is 9.80 Å². The maximum absolute atomic E-state index is 14.1. The van der Waals surface area contributed by atoms with Gasteiger partial charge in [-0.2, -0.15) is 0 Å². The Labute approximate surface area is 145 Å². The van der Waals surface area contributed by atoms with Gasteiger partial charge in [0.15, 0.2) is 0 Å². The average Bonchev–Trinajstić information content (AvgIpc) is 2.74. The van der Waals surface area contributed by atoms with E-state index in [4.69, 9.17) is 0 Å². The van der Waals surface area contributed by atoms with Crippen LogP contribution in [0, 0.1) is 5.82 Å². The molecule has 0 aliphatic carbocycles. The van der Waals surface area contributed by atoms with Crippen molar-refractivity contribution in [3.8, 4) is 0 Å². The number of benzene rings is 2. The van der Waals surface area contributed by atoms with Gasteiger partial charge in [0.2, 0.25) is 5.91 Å². The van der Waals surface area contributed by atoms with Crippen molar-refractivity contribution >= 4 is 17.5 Å². The molecule has 2 aromatic rings. The first kappa shape index (κ1) is 15.8. The molecule has 1 atom stereocenters. The van der Waals surface area contributed by atoms with Crippen LogP contribution >= 0.6 is 0 Å². The van der Waals surface area contributed by atoms with Crippen molar-refractivity contribution in [2.24, 2.45) is 0 Å². The molecule has 1 fully saturated rings. The summed E-state index contributed by atoms with van der Waals surface area (Å²) in [5.74, 6) is -0.574. The number of nitrogens with zero attached hydrogens (tertiary/aromatic N) is 2. The molecule has 2 heterocycles. The Bertz CT molecular complexity index is 836. The summed E-state index contributed by atoms with van der Waals surface area (Å²) < 4.78 is 14.1. The van der Waals surface area contributed by atoms with Crippen LogP contribution in [0.3, 0.4) is 0 Å². The van der Waals surface area contributed by atoms with Gasteiger partial charge in [-0.3, -0.25) is 9.59 Å². The number of hydrogen-bond donors (Lipinski definition) is 0. The maximum atomic E-state index is 14.1. The molecule has 0 bridgehead atoms. The summed E-state index contributed by atoms with van der Waals surface area (Å²) >= 11 is 0. The molecule has 0 aromatic heterocycles. The number of rotatable bonds is 2. The van der Waals surface area contributed by atoms with E-state index in [1.807, 2.05) is 0 Å². The van der Waals surface area contributed by atoms with Crippen molar-refractivity contribution in [1.82, 2.24) is 4.90 Å². The predicted octanol–water partition coefficient (Wildman–Crippen LogP) is 3.37. The molecule has 2 aliphatic heterocycles. The zero-order valence-corrected chi connectivity index (χ0v) is 13.8. The minimum absolute atomic E-state index is 0.107. The number of anilines is 1. The summed E-state index contributed by atoms with van der Waals surface area (Å²) in [5, 5.41) is 0. The van der Waals surface area contributed by atoms with Gasteiger partial charge >= 0.3 is 0 Å². The van der Waals surface area contributed by atoms with Crippen LogP contribution in [-0.4, -0.2) is 29.3 Å². The molecule has 128 valence electrons. The second-order valence-electron chi connectivity index (χ2n) is 6.54. The first-order valence-electron chi connectivity index (χ1n) is 8.61. The molecule has 25 heavy (non-hydrogen) atoms. The minimum atomic E-state index is -0.458. The van der Waals surface area contributed by atoms with Crippen molar-refractivity contribution < 1.29 is 14.0 Å². The number of amides is 2. The highest BCUT2D eigenvalue weighted by Crippen LogP contribution is 2.33. The molecule has 4 rings (SSSR count). The summed E-state index contributed by atoms with van der Waals surface area (Å²) in [4.78, 5) is 29.4. The van der Waals surface area contributed by atoms with Crippen LogP contribution in [0.25, 0.3) is 0 Å². The van der Waals surface area contributed by atoms with Crippen LogP contribution in [0.15, 0.2) is 48.5 Å². The molecule has 0 radical (unpaired) electrons. The van der Waals surface area contributed by atoms with Gasteiger partial charge in [-0.05, 0) is 37.5 Å². The molecule has 2 aromatic carbocycles. The van der Waals surface area contributed by atoms with Crippen molar-refractivity contribution in [3.63, 3.8) is 0 Å². The van der Waals surface area contributed by atoms with Gasteiger partial charge in [0.05, 0.1) is 17.8 Å². The SMILES string of the molecule is O=C1C2CCCCN2C(=O)c2ccccc2N1Cc1ccccc1F. The Balaban J connectivity index is 1.81. The standard InChI is InChI=1S/C20H19FN2O2/c21-16-9-3-1-7-14(16)13-23-17-10-4-2-8-15(17)19(24)22-12-6-5-11-18(22)20(23)25/h1-4,7-10,18H,5-6,11-13H2. The van der Waals surface area contributed by atoms with E-state index in [-0.39, 0.29) is 24.2 Å². The lowest BCUT2D eigenvalue weighted by atomic mass is 10.0. The Morgan fingerprint density at radius 2 is 1.76 bits per heavy atom. The highest BCUT2D eigenvalue weighted by atomic mass is 19.1. The predicted molar refractivity (Wildman–Crippen MR) is 92.7 cm³/mol. The number of carbonyl (C=O) groups is 2. The van der Waals surface area contributed by atoms with E-state index in [0.717, 1.165) is 12.8 Å². The summed E-state index contributed by atoms with van der Waals surface area (Å²) in [6.07, 6.45) is 2.49. The summed E-state index contributed by atoms with van der Waals surface area (Å²) in [5.41, 5.74) is 1.52. The zero-order valence-electron chi connectivity index (χ0n) is 13.8. The Kier molecular flexibility index (Phi) is 3.99. The molecule has 0 spiro atoms. The second-order valence-corrected chi connectivity index (χ2v) is 6.54. The lowest BCUT2D eigenvalue weighted by molar-refractivity contribution is -0.123. The summed E-state index contributed by atoms with van der Waals surface area (Å²) in [7, 11) is 0. The molecule has 5 heteroatoms. The highest BCUT2D eigenvalue weighted by molar-refractivity contribution is 6.11. The number of piperidine rings is 1. The molecule has 1 unspecified atom stereocenters. The molecule has 2 amide bonds.